The van der Waals surface area contributed by atoms with E-state index in [4.69, 9.17) is 0 Å². The van der Waals surface area contributed by atoms with Crippen molar-refractivity contribution in [1.82, 2.24) is 4.90 Å². The largest absolute Gasteiger partial charge is 0.393 e. The van der Waals surface area contributed by atoms with Crippen molar-refractivity contribution < 1.29 is 10.2 Å². The Morgan fingerprint density at radius 2 is 1.44 bits per heavy atom. The molecule has 2 heterocycles. The maximum atomic E-state index is 10.1. The lowest BCUT2D eigenvalue weighted by atomic mass is 9.87. The minimum atomic E-state index is -0.118. The predicted molar refractivity (Wildman–Crippen MR) is 62.2 cm³/mol. The molecule has 1 aliphatic carbocycles. The third-order valence-electron chi connectivity index (χ3n) is 4.84. The van der Waals surface area contributed by atoms with Gasteiger partial charge in [0.1, 0.15) is 0 Å². The molecule has 2 unspecified atom stereocenters. The van der Waals surface area contributed by atoms with Gasteiger partial charge in [-0.25, -0.2) is 0 Å². The van der Waals surface area contributed by atoms with Gasteiger partial charge in [-0.1, -0.05) is 12.8 Å². The number of nitrogens with zero attached hydrogens (tertiary/aromatic N) is 1. The van der Waals surface area contributed by atoms with Crippen LogP contribution in [0.4, 0.5) is 0 Å². The summed E-state index contributed by atoms with van der Waals surface area (Å²) in [6.07, 6.45) is 8.69. The zero-order valence-corrected chi connectivity index (χ0v) is 9.89. The van der Waals surface area contributed by atoms with Crippen LogP contribution >= 0.6 is 0 Å². The van der Waals surface area contributed by atoms with Crippen molar-refractivity contribution >= 4 is 0 Å². The lowest BCUT2D eigenvalue weighted by Gasteiger charge is -2.45. The number of aliphatic hydroxyl groups is 2. The Labute approximate surface area is 97.4 Å². The first-order chi connectivity index (χ1) is 7.75. The van der Waals surface area contributed by atoms with Crippen molar-refractivity contribution in [3.8, 4) is 0 Å². The zero-order valence-electron chi connectivity index (χ0n) is 9.89. The number of hydrogen-bond donors (Lipinski definition) is 2. The number of hydrogen-bond acceptors (Lipinski definition) is 3. The minimum absolute atomic E-state index is 0.0884. The van der Waals surface area contributed by atoms with Crippen LogP contribution in [0.3, 0.4) is 0 Å². The fraction of sp³-hybridized carbons (Fsp3) is 1.00. The molecule has 2 saturated heterocycles. The first-order valence-corrected chi connectivity index (χ1v) is 6.89. The molecule has 0 amide bonds. The maximum Gasteiger partial charge on any atom is 0.0695 e. The average molecular weight is 225 g/mol. The van der Waals surface area contributed by atoms with E-state index in [9.17, 15) is 10.2 Å². The highest BCUT2D eigenvalue weighted by Crippen LogP contribution is 2.40. The van der Waals surface area contributed by atoms with Crippen molar-refractivity contribution in [1.29, 1.82) is 0 Å². The first-order valence-electron chi connectivity index (χ1n) is 6.89. The minimum Gasteiger partial charge on any atom is -0.393 e. The van der Waals surface area contributed by atoms with Crippen LogP contribution in [0.1, 0.15) is 51.4 Å². The Morgan fingerprint density at radius 1 is 0.812 bits per heavy atom. The highest BCUT2D eigenvalue weighted by atomic mass is 16.3. The number of piperidine rings is 1. The summed E-state index contributed by atoms with van der Waals surface area (Å²) >= 11 is 0. The van der Waals surface area contributed by atoms with Crippen LogP contribution in [0.5, 0.6) is 0 Å². The Kier molecular flexibility index (Phi) is 2.94. The third-order valence-corrected chi connectivity index (χ3v) is 4.84. The van der Waals surface area contributed by atoms with E-state index in [1.54, 1.807) is 0 Å². The summed E-state index contributed by atoms with van der Waals surface area (Å²) in [6.45, 7) is 0. The molecule has 0 radical (unpaired) electrons. The lowest BCUT2D eigenvalue weighted by Crippen LogP contribution is -2.55. The molecule has 0 spiro atoms. The van der Waals surface area contributed by atoms with Gasteiger partial charge in [0.25, 0.3) is 0 Å². The fourth-order valence-corrected chi connectivity index (χ4v) is 4.17. The molecule has 0 aromatic rings. The molecule has 4 atom stereocenters. The smallest absolute Gasteiger partial charge is 0.0695 e. The molecule has 3 heteroatoms. The molecular weight excluding hydrogens is 202 g/mol. The third kappa shape index (κ3) is 1.79. The van der Waals surface area contributed by atoms with Gasteiger partial charge >= 0.3 is 0 Å². The number of fused-ring (bicyclic) bond motifs is 2. The van der Waals surface area contributed by atoms with Crippen molar-refractivity contribution in [2.45, 2.75) is 81.7 Å². The van der Waals surface area contributed by atoms with Crippen LogP contribution in [-0.2, 0) is 0 Å². The van der Waals surface area contributed by atoms with Crippen molar-refractivity contribution in [3.63, 3.8) is 0 Å². The van der Waals surface area contributed by atoms with Gasteiger partial charge in [0.15, 0.2) is 0 Å². The summed E-state index contributed by atoms with van der Waals surface area (Å²) in [5.41, 5.74) is 0. The van der Waals surface area contributed by atoms with Gasteiger partial charge < -0.3 is 10.2 Å². The zero-order chi connectivity index (χ0) is 11.1. The summed E-state index contributed by atoms with van der Waals surface area (Å²) < 4.78 is 0. The SMILES string of the molecule is OC1CC2CCC(C1)N2[C@H]1CCCC[C@@H]1O. The van der Waals surface area contributed by atoms with Crippen molar-refractivity contribution in [2.24, 2.45) is 0 Å². The summed E-state index contributed by atoms with van der Waals surface area (Å²) in [6, 6.07) is 1.48. The molecule has 2 aliphatic heterocycles. The van der Waals surface area contributed by atoms with E-state index in [0.717, 1.165) is 25.7 Å². The topological polar surface area (TPSA) is 43.7 Å². The Bertz CT molecular complexity index is 244. The van der Waals surface area contributed by atoms with E-state index in [1.165, 1.54) is 25.7 Å². The molecule has 16 heavy (non-hydrogen) atoms. The first kappa shape index (κ1) is 11.0. The molecule has 3 aliphatic rings. The Balaban J connectivity index is 1.74. The van der Waals surface area contributed by atoms with Crippen LogP contribution in [0.25, 0.3) is 0 Å². The van der Waals surface area contributed by atoms with E-state index in [2.05, 4.69) is 4.90 Å². The molecule has 0 aromatic heterocycles. The molecule has 3 nitrogen and oxygen atoms in total. The number of rotatable bonds is 1. The second kappa shape index (κ2) is 4.28. The van der Waals surface area contributed by atoms with Gasteiger partial charge in [-0.15, -0.1) is 0 Å². The van der Waals surface area contributed by atoms with E-state index in [1.807, 2.05) is 0 Å². The van der Waals surface area contributed by atoms with E-state index in [-0.39, 0.29) is 12.2 Å². The van der Waals surface area contributed by atoms with Crippen LogP contribution in [0.2, 0.25) is 0 Å². The second-order valence-electron chi connectivity index (χ2n) is 5.88. The van der Waals surface area contributed by atoms with Crippen LogP contribution in [0, 0.1) is 0 Å². The molecule has 3 fully saturated rings. The number of aliphatic hydroxyl groups excluding tert-OH is 2. The molecule has 2 N–H and O–H groups in total. The van der Waals surface area contributed by atoms with Crippen LogP contribution in [-0.4, -0.2) is 45.4 Å². The van der Waals surface area contributed by atoms with Gasteiger partial charge in [0.05, 0.1) is 12.2 Å². The Morgan fingerprint density at radius 3 is 2.06 bits per heavy atom. The van der Waals surface area contributed by atoms with Gasteiger partial charge in [0.2, 0.25) is 0 Å². The van der Waals surface area contributed by atoms with E-state index < -0.39 is 0 Å². The normalized spacial score (nSPS) is 49.5. The van der Waals surface area contributed by atoms with Gasteiger partial charge in [0, 0.05) is 18.1 Å². The standard InChI is InChI=1S/C13H23NO2/c15-11-7-9-5-6-10(8-11)14(9)12-3-1-2-4-13(12)16/h9-13,15-16H,1-8H2/t9?,10?,11?,12-,13-/m0/s1. The Hall–Kier alpha value is -0.120. The molecule has 3 rings (SSSR count). The molecule has 92 valence electrons. The van der Waals surface area contributed by atoms with Crippen LogP contribution in [0.15, 0.2) is 0 Å². The highest BCUT2D eigenvalue weighted by Gasteiger charge is 2.45. The van der Waals surface area contributed by atoms with Crippen molar-refractivity contribution in [2.75, 3.05) is 0 Å². The predicted octanol–water partition coefficient (Wildman–Crippen LogP) is 1.28. The summed E-state index contributed by atoms with van der Waals surface area (Å²) in [5, 5.41) is 19.9. The van der Waals surface area contributed by atoms with Gasteiger partial charge in [-0.2, -0.15) is 0 Å². The lowest BCUT2D eigenvalue weighted by molar-refractivity contribution is -0.0469. The summed E-state index contributed by atoms with van der Waals surface area (Å²) in [7, 11) is 0. The van der Waals surface area contributed by atoms with E-state index in [0.29, 0.717) is 18.1 Å². The average Bonchev–Trinajstić information content (AvgIpc) is 2.53. The fourth-order valence-electron chi connectivity index (χ4n) is 4.17. The molecule has 1 saturated carbocycles. The summed E-state index contributed by atoms with van der Waals surface area (Å²) in [5.74, 6) is 0. The maximum absolute atomic E-state index is 10.1. The van der Waals surface area contributed by atoms with Crippen LogP contribution < -0.4 is 0 Å². The molecular formula is C13H23NO2. The second-order valence-corrected chi connectivity index (χ2v) is 5.88. The molecule has 0 aromatic carbocycles. The quantitative estimate of drug-likeness (QED) is 0.706. The summed E-state index contributed by atoms with van der Waals surface area (Å²) in [4.78, 5) is 2.57. The molecule has 2 bridgehead atoms. The van der Waals surface area contributed by atoms with Crippen molar-refractivity contribution in [3.05, 3.63) is 0 Å². The van der Waals surface area contributed by atoms with Gasteiger partial charge in [-0.05, 0) is 38.5 Å². The van der Waals surface area contributed by atoms with E-state index >= 15 is 0 Å². The monoisotopic (exact) mass is 225 g/mol. The highest BCUT2D eigenvalue weighted by molar-refractivity contribution is 5.00. The van der Waals surface area contributed by atoms with Gasteiger partial charge in [-0.3, -0.25) is 4.90 Å².